The van der Waals surface area contributed by atoms with Gasteiger partial charge in [-0.3, -0.25) is 0 Å². The van der Waals surface area contributed by atoms with Crippen LogP contribution in [0.3, 0.4) is 0 Å². The molecule has 0 saturated carbocycles. The SMILES string of the molecule is c1ccc(-c2ccc(-c3nc(-c4ccc(-c5cccc(-c6cccc7c6-c6ccccc6C76c7ccccc7Oc7c(-c8cc(-c9ccccc9-c9ccccc9)nc(-c9ccccc9)n8)cccc76)c5)cc4)cc(-c4cccc5c4Oc4ccccc4C54c5ccccc5-c5ccccc54)n3)cc2)cc1. The first-order chi connectivity index (χ1) is 52.5. The predicted octanol–water partition coefficient (Wildman–Crippen LogP) is 24.9. The Hall–Kier alpha value is -13.9. The van der Waals surface area contributed by atoms with E-state index >= 15 is 0 Å². The summed E-state index contributed by atoms with van der Waals surface area (Å²) in [6.07, 6.45) is 0. The van der Waals surface area contributed by atoms with E-state index in [-0.39, 0.29) is 0 Å². The average Bonchev–Trinajstić information content (AvgIpc) is 1.50. The molecule has 21 rings (SSSR count). The molecule has 2 aromatic heterocycles. The fraction of sp³-hybridized carbons (Fsp3) is 0.0200. The zero-order valence-electron chi connectivity index (χ0n) is 57.4. The Kier molecular flexibility index (Phi) is 14.0. The molecule has 0 bridgehead atoms. The van der Waals surface area contributed by atoms with E-state index in [0.717, 1.165) is 146 Å². The van der Waals surface area contributed by atoms with Gasteiger partial charge in [0.2, 0.25) is 0 Å². The summed E-state index contributed by atoms with van der Waals surface area (Å²) in [7, 11) is 0. The number of hydrogen-bond donors (Lipinski definition) is 0. The van der Waals surface area contributed by atoms with Gasteiger partial charge in [-0.1, -0.05) is 334 Å². The number of fused-ring (bicyclic) bond motifs is 18. The minimum Gasteiger partial charge on any atom is -0.456 e. The van der Waals surface area contributed by atoms with Crippen LogP contribution in [0, 0.1) is 0 Å². The van der Waals surface area contributed by atoms with Crippen LogP contribution in [0.1, 0.15) is 44.5 Å². The van der Waals surface area contributed by atoms with Crippen molar-refractivity contribution in [1.82, 2.24) is 19.9 Å². The van der Waals surface area contributed by atoms with Gasteiger partial charge in [-0.2, -0.15) is 0 Å². The molecule has 0 N–H and O–H groups in total. The van der Waals surface area contributed by atoms with Crippen LogP contribution < -0.4 is 9.47 Å². The Morgan fingerprint density at radius 1 is 0.179 bits per heavy atom. The summed E-state index contributed by atoms with van der Waals surface area (Å²) < 4.78 is 14.6. The van der Waals surface area contributed by atoms with Crippen LogP contribution in [0.5, 0.6) is 23.0 Å². The van der Waals surface area contributed by atoms with E-state index in [4.69, 9.17) is 29.4 Å². The zero-order valence-corrected chi connectivity index (χ0v) is 57.4. The topological polar surface area (TPSA) is 70.0 Å². The van der Waals surface area contributed by atoms with Crippen LogP contribution in [0.2, 0.25) is 0 Å². The Morgan fingerprint density at radius 2 is 0.509 bits per heavy atom. The highest BCUT2D eigenvalue weighted by Gasteiger charge is 2.54. The maximum Gasteiger partial charge on any atom is 0.160 e. The first-order valence-corrected chi connectivity index (χ1v) is 36.2. The summed E-state index contributed by atoms with van der Waals surface area (Å²) in [5.41, 5.74) is 30.3. The molecule has 0 amide bonds. The number of ether oxygens (including phenoxy) is 2. The van der Waals surface area contributed by atoms with Gasteiger partial charge in [-0.15, -0.1) is 0 Å². The van der Waals surface area contributed by atoms with Crippen molar-refractivity contribution in [2.75, 3.05) is 0 Å². The number of nitrogens with zero attached hydrogens (tertiary/aromatic N) is 4. The third-order valence-electron chi connectivity index (χ3n) is 22.1. The van der Waals surface area contributed by atoms with Crippen LogP contribution in [-0.2, 0) is 10.8 Å². The maximum absolute atomic E-state index is 7.34. The van der Waals surface area contributed by atoms with Gasteiger partial charge in [0.15, 0.2) is 11.6 Å². The van der Waals surface area contributed by atoms with E-state index in [2.05, 4.69) is 358 Å². The number of para-hydroxylation sites is 4. The summed E-state index contributed by atoms with van der Waals surface area (Å²) in [5.74, 6) is 4.42. The van der Waals surface area contributed by atoms with Crippen molar-refractivity contribution in [1.29, 1.82) is 0 Å². The Labute approximate surface area is 614 Å². The van der Waals surface area contributed by atoms with Crippen LogP contribution in [0.4, 0.5) is 0 Å². The average molecular weight is 1350 g/mol. The lowest BCUT2D eigenvalue weighted by Crippen LogP contribution is -2.32. The molecule has 6 nitrogen and oxygen atoms in total. The number of aromatic nitrogens is 4. The van der Waals surface area contributed by atoms with E-state index in [9.17, 15) is 0 Å². The third kappa shape index (κ3) is 9.37. The summed E-state index contributed by atoms with van der Waals surface area (Å²) in [6.45, 7) is 0. The monoisotopic (exact) mass is 1350 g/mol. The highest BCUT2D eigenvalue weighted by Crippen LogP contribution is 2.66. The first-order valence-electron chi connectivity index (χ1n) is 36.2. The number of hydrogen-bond acceptors (Lipinski definition) is 6. The largest absolute Gasteiger partial charge is 0.456 e. The number of benzene rings is 15. The van der Waals surface area contributed by atoms with E-state index in [1.54, 1.807) is 0 Å². The van der Waals surface area contributed by atoms with Gasteiger partial charge in [0.25, 0.3) is 0 Å². The molecular weight excluding hydrogens is 1290 g/mol. The Morgan fingerprint density at radius 3 is 1.08 bits per heavy atom. The van der Waals surface area contributed by atoms with Crippen molar-refractivity contribution in [3.63, 3.8) is 0 Å². The smallest absolute Gasteiger partial charge is 0.160 e. The van der Waals surface area contributed by atoms with Crippen molar-refractivity contribution in [2.24, 2.45) is 0 Å². The summed E-state index contributed by atoms with van der Waals surface area (Å²) >= 11 is 0. The van der Waals surface area contributed by atoms with Crippen molar-refractivity contribution in [3.05, 3.63) is 421 Å². The maximum atomic E-state index is 7.34. The second-order valence-corrected chi connectivity index (χ2v) is 27.7. The minimum atomic E-state index is -0.769. The highest BCUT2D eigenvalue weighted by molar-refractivity contribution is 5.99. The molecule has 494 valence electrons. The second kappa shape index (κ2) is 24.4. The van der Waals surface area contributed by atoms with E-state index in [1.807, 2.05) is 18.2 Å². The lowest BCUT2D eigenvalue weighted by molar-refractivity contribution is 0.437. The van der Waals surface area contributed by atoms with Crippen LogP contribution >= 0.6 is 0 Å². The second-order valence-electron chi connectivity index (χ2n) is 27.7. The molecule has 2 spiro atoms. The molecule has 2 aliphatic heterocycles. The molecule has 1 atom stereocenters. The molecule has 6 heteroatoms. The molecule has 4 aliphatic rings. The molecule has 0 radical (unpaired) electrons. The van der Waals surface area contributed by atoms with Gasteiger partial charge < -0.3 is 9.47 Å². The quantitative estimate of drug-likeness (QED) is 0.136. The van der Waals surface area contributed by atoms with Crippen molar-refractivity contribution >= 4 is 0 Å². The lowest BCUT2D eigenvalue weighted by Gasteiger charge is -2.40. The van der Waals surface area contributed by atoms with Gasteiger partial charge >= 0.3 is 0 Å². The molecule has 1 unspecified atom stereocenters. The normalized spacial score (nSPS) is 14.1. The fourth-order valence-corrected chi connectivity index (χ4v) is 17.5. The summed E-state index contributed by atoms with van der Waals surface area (Å²) in [5, 5.41) is 0. The van der Waals surface area contributed by atoms with E-state index in [1.165, 1.54) is 44.5 Å². The Balaban J connectivity index is 0.678. The molecule has 2 aliphatic carbocycles. The highest BCUT2D eigenvalue weighted by atomic mass is 16.5. The van der Waals surface area contributed by atoms with Gasteiger partial charge in [-0.05, 0) is 131 Å². The van der Waals surface area contributed by atoms with Gasteiger partial charge in [0, 0.05) is 55.6 Å². The molecular formula is C100H62N4O2. The molecule has 15 aromatic carbocycles. The van der Waals surface area contributed by atoms with Crippen molar-refractivity contribution < 1.29 is 9.47 Å². The van der Waals surface area contributed by atoms with Gasteiger partial charge in [-0.25, -0.2) is 19.9 Å². The summed E-state index contributed by atoms with van der Waals surface area (Å²) in [6, 6.07) is 134. The molecule has 0 saturated heterocycles. The van der Waals surface area contributed by atoms with Crippen LogP contribution in [0.15, 0.2) is 376 Å². The van der Waals surface area contributed by atoms with E-state index in [0.29, 0.717) is 11.6 Å². The molecule has 0 fully saturated rings. The standard InChI is InChI=1S/C100H62N4O2/c1-4-26-63(27-5-1)64-54-58-69(59-55-64)98-101-88(61-90(103-98)78-40-24-48-86-95(78)105-92-50-20-18-45-83(92)99(86)80-42-15-12-35-74(80)75-36-13-16-43-81(75)99)67-56-52-65(53-57-67)70-32-22-33-71(60-70)73-39-23-47-85-94(73)77-38-14-17-44-82(77)100(85)84-46-19-21-51-93(84)106-96-79(41-25-49-87(96)100)91-62-89(102-97(104-91)68-30-8-3-9-31-68)76-37-11-10-34-72(76)66-28-6-2-7-29-66/h1-62H. The lowest BCUT2D eigenvalue weighted by atomic mass is 9.65. The number of rotatable bonds is 10. The van der Waals surface area contributed by atoms with Crippen molar-refractivity contribution in [3.8, 4) is 158 Å². The van der Waals surface area contributed by atoms with Crippen molar-refractivity contribution in [2.45, 2.75) is 10.8 Å². The van der Waals surface area contributed by atoms with E-state index < -0.39 is 10.8 Å². The molecule has 17 aromatic rings. The molecule has 106 heavy (non-hydrogen) atoms. The van der Waals surface area contributed by atoms with Crippen LogP contribution in [0.25, 0.3) is 135 Å². The predicted molar refractivity (Wildman–Crippen MR) is 427 cm³/mol. The molecule has 4 heterocycles. The van der Waals surface area contributed by atoms with Gasteiger partial charge in [0.1, 0.15) is 23.0 Å². The first kappa shape index (κ1) is 60.8. The van der Waals surface area contributed by atoms with Gasteiger partial charge in [0.05, 0.1) is 33.6 Å². The fourth-order valence-electron chi connectivity index (χ4n) is 17.5. The Bertz CT molecular complexity index is 6350. The summed E-state index contributed by atoms with van der Waals surface area (Å²) in [4.78, 5) is 21.8. The van der Waals surface area contributed by atoms with Crippen LogP contribution in [-0.4, -0.2) is 19.9 Å². The third-order valence-corrected chi connectivity index (χ3v) is 22.1. The minimum absolute atomic E-state index is 0.620. The zero-order chi connectivity index (χ0) is 69.9.